The lowest BCUT2D eigenvalue weighted by Crippen LogP contribution is -2.12. The van der Waals surface area contributed by atoms with Crippen LogP contribution in [0.3, 0.4) is 0 Å². The highest BCUT2D eigenvalue weighted by atomic mass is 15.1. The van der Waals surface area contributed by atoms with E-state index in [1.807, 2.05) is 0 Å². The molecule has 1 aromatic carbocycles. The number of fused-ring (bicyclic) bond motifs is 1. The van der Waals surface area contributed by atoms with E-state index in [9.17, 15) is 0 Å². The quantitative estimate of drug-likeness (QED) is 0.347. The number of para-hydroxylation sites is 2. The molecule has 0 saturated heterocycles. The van der Waals surface area contributed by atoms with Gasteiger partial charge < -0.3 is 4.57 Å². The Morgan fingerprint density at radius 1 is 0.815 bits per heavy atom. The molecular weight excluding hydrogens is 328 g/mol. The van der Waals surface area contributed by atoms with Gasteiger partial charge in [-0.1, -0.05) is 96.1 Å². The molecule has 1 aliphatic rings. The second-order valence-corrected chi connectivity index (χ2v) is 8.63. The SMILES string of the molecule is CCCCCCCCCCCCn1c(C2CCCCC2)nc2ccccc21. The van der Waals surface area contributed by atoms with Crippen LogP contribution >= 0.6 is 0 Å². The Labute approximate surface area is 166 Å². The number of rotatable bonds is 12. The van der Waals surface area contributed by atoms with Gasteiger partial charge in [0.15, 0.2) is 0 Å². The van der Waals surface area contributed by atoms with E-state index >= 15 is 0 Å². The van der Waals surface area contributed by atoms with Gasteiger partial charge in [-0.15, -0.1) is 0 Å². The van der Waals surface area contributed by atoms with Gasteiger partial charge in [0.05, 0.1) is 11.0 Å². The van der Waals surface area contributed by atoms with Crippen LogP contribution in [0.5, 0.6) is 0 Å². The second-order valence-electron chi connectivity index (χ2n) is 8.63. The molecule has 27 heavy (non-hydrogen) atoms. The lowest BCUT2D eigenvalue weighted by Gasteiger charge is -2.22. The number of nitrogens with zero attached hydrogens (tertiary/aromatic N) is 2. The van der Waals surface area contributed by atoms with Crippen LogP contribution in [-0.4, -0.2) is 9.55 Å². The van der Waals surface area contributed by atoms with Crippen molar-refractivity contribution in [3.63, 3.8) is 0 Å². The summed E-state index contributed by atoms with van der Waals surface area (Å²) in [4.78, 5) is 5.06. The van der Waals surface area contributed by atoms with Crippen molar-refractivity contribution in [1.29, 1.82) is 0 Å². The van der Waals surface area contributed by atoms with Crippen LogP contribution in [0.15, 0.2) is 24.3 Å². The van der Waals surface area contributed by atoms with Crippen LogP contribution in [0.1, 0.15) is 115 Å². The van der Waals surface area contributed by atoms with E-state index in [1.54, 1.807) is 0 Å². The van der Waals surface area contributed by atoms with Crippen molar-refractivity contribution in [3.8, 4) is 0 Å². The largest absolute Gasteiger partial charge is 0.328 e. The molecule has 0 bridgehead atoms. The molecule has 0 N–H and O–H groups in total. The van der Waals surface area contributed by atoms with Gasteiger partial charge in [-0.2, -0.15) is 0 Å². The van der Waals surface area contributed by atoms with Gasteiger partial charge in [-0.05, 0) is 31.4 Å². The molecule has 0 unspecified atom stereocenters. The highest BCUT2D eigenvalue weighted by molar-refractivity contribution is 5.76. The first-order chi connectivity index (χ1) is 13.4. The van der Waals surface area contributed by atoms with Gasteiger partial charge in [0, 0.05) is 12.5 Å². The molecule has 2 heteroatoms. The zero-order chi connectivity index (χ0) is 18.7. The van der Waals surface area contributed by atoms with Crippen LogP contribution in [0, 0.1) is 0 Å². The van der Waals surface area contributed by atoms with E-state index < -0.39 is 0 Å². The fourth-order valence-electron chi connectivity index (χ4n) is 4.76. The number of benzene rings is 1. The maximum atomic E-state index is 5.06. The van der Waals surface area contributed by atoms with Gasteiger partial charge >= 0.3 is 0 Å². The summed E-state index contributed by atoms with van der Waals surface area (Å²) in [5.41, 5.74) is 2.55. The van der Waals surface area contributed by atoms with E-state index in [1.165, 1.54) is 113 Å². The zero-order valence-corrected chi connectivity index (χ0v) is 17.6. The lowest BCUT2D eigenvalue weighted by atomic mass is 9.88. The van der Waals surface area contributed by atoms with Crippen LogP contribution in [0.25, 0.3) is 11.0 Å². The van der Waals surface area contributed by atoms with Crippen molar-refractivity contribution in [2.24, 2.45) is 0 Å². The topological polar surface area (TPSA) is 17.8 Å². The van der Waals surface area contributed by atoms with Crippen LogP contribution in [-0.2, 0) is 6.54 Å². The Balaban J connectivity index is 1.46. The van der Waals surface area contributed by atoms with Crippen molar-refractivity contribution in [2.45, 2.75) is 116 Å². The minimum absolute atomic E-state index is 0.689. The Morgan fingerprint density at radius 3 is 2.15 bits per heavy atom. The average molecular weight is 369 g/mol. The number of unbranched alkanes of at least 4 members (excludes halogenated alkanes) is 9. The molecule has 1 saturated carbocycles. The molecule has 0 aliphatic heterocycles. The van der Waals surface area contributed by atoms with Crippen molar-refractivity contribution in [2.75, 3.05) is 0 Å². The first-order valence-electron chi connectivity index (χ1n) is 11.9. The van der Waals surface area contributed by atoms with Crippen LogP contribution in [0.2, 0.25) is 0 Å². The van der Waals surface area contributed by atoms with Crippen LogP contribution in [0.4, 0.5) is 0 Å². The van der Waals surface area contributed by atoms with Gasteiger partial charge in [0.1, 0.15) is 5.82 Å². The molecule has 1 aliphatic carbocycles. The summed E-state index contributed by atoms with van der Waals surface area (Å²) in [5.74, 6) is 2.07. The molecule has 0 spiro atoms. The molecule has 1 aromatic heterocycles. The predicted octanol–water partition coefficient (Wildman–Crippen LogP) is 8.00. The number of hydrogen-bond donors (Lipinski definition) is 0. The maximum absolute atomic E-state index is 5.06. The maximum Gasteiger partial charge on any atom is 0.112 e. The highest BCUT2D eigenvalue weighted by Gasteiger charge is 2.22. The fourth-order valence-corrected chi connectivity index (χ4v) is 4.76. The summed E-state index contributed by atoms with van der Waals surface area (Å²) in [6.45, 7) is 3.45. The number of imidazole rings is 1. The average Bonchev–Trinajstić information content (AvgIpc) is 3.09. The summed E-state index contributed by atoms with van der Waals surface area (Å²) in [6.07, 6.45) is 20.9. The Hall–Kier alpha value is -1.31. The fraction of sp³-hybridized carbons (Fsp3) is 0.720. The number of aromatic nitrogens is 2. The lowest BCUT2D eigenvalue weighted by molar-refractivity contribution is 0.413. The third kappa shape index (κ3) is 6.09. The van der Waals surface area contributed by atoms with Crippen molar-refractivity contribution >= 4 is 11.0 Å². The Bertz CT molecular complexity index is 651. The molecular formula is C25H40N2. The molecule has 0 atom stereocenters. The summed E-state index contributed by atoms with van der Waals surface area (Å²) < 4.78 is 2.57. The Kier molecular flexibility index (Phi) is 8.71. The Morgan fingerprint density at radius 2 is 1.44 bits per heavy atom. The summed E-state index contributed by atoms with van der Waals surface area (Å²) in [5, 5.41) is 0. The zero-order valence-electron chi connectivity index (χ0n) is 17.6. The van der Waals surface area contributed by atoms with Crippen molar-refractivity contribution in [3.05, 3.63) is 30.1 Å². The third-order valence-electron chi connectivity index (χ3n) is 6.39. The van der Waals surface area contributed by atoms with E-state index in [0.29, 0.717) is 5.92 Å². The minimum atomic E-state index is 0.689. The van der Waals surface area contributed by atoms with Gasteiger partial charge in [0.25, 0.3) is 0 Å². The first kappa shape index (κ1) is 20.4. The summed E-state index contributed by atoms with van der Waals surface area (Å²) >= 11 is 0. The predicted molar refractivity (Wildman–Crippen MR) is 117 cm³/mol. The summed E-state index contributed by atoms with van der Waals surface area (Å²) in [6, 6.07) is 8.76. The number of aryl methyl sites for hydroxylation is 1. The summed E-state index contributed by atoms with van der Waals surface area (Å²) in [7, 11) is 0. The second kappa shape index (κ2) is 11.5. The molecule has 2 aromatic rings. The molecule has 0 amide bonds. The van der Waals surface area contributed by atoms with Gasteiger partial charge in [-0.3, -0.25) is 0 Å². The van der Waals surface area contributed by atoms with E-state index in [-0.39, 0.29) is 0 Å². The van der Waals surface area contributed by atoms with E-state index in [0.717, 1.165) is 6.54 Å². The molecule has 0 radical (unpaired) electrons. The van der Waals surface area contributed by atoms with Crippen LogP contribution < -0.4 is 0 Å². The van der Waals surface area contributed by atoms with E-state index in [4.69, 9.17) is 4.98 Å². The first-order valence-corrected chi connectivity index (χ1v) is 11.9. The van der Waals surface area contributed by atoms with Crippen molar-refractivity contribution in [1.82, 2.24) is 9.55 Å². The third-order valence-corrected chi connectivity index (χ3v) is 6.39. The smallest absolute Gasteiger partial charge is 0.112 e. The number of hydrogen-bond acceptors (Lipinski definition) is 1. The van der Waals surface area contributed by atoms with E-state index in [2.05, 4.69) is 35.8 Å². The molecule has 3 rings (SSSR count). The molecule has 2 nitrogen and oxygen atoms in total. The standard InChI is InChI=1S/C25H40N2/c1-2-3-4-5-6-7-8-9-10-16-21-27-24-20-15-14-19-23(24)26-25(27)22-17-12-11-13-18-22/h14-15,19-20,22H,2-13,16-18,21H2,1H3. The van der Waals surface area contributed by atoms with Gasteiger partial charge in [0.2, 0.25) is 0 Å². The molecule has 1 fully saturated rings. The molecule has 150 valence electrons. The molecule has 1 heterocycles. The monoisotopic (exact) mass is 368 g/mol. The highest BCUT2D eigenvalue weighted by Crippen LogP contribution is 2.34. The normalized spacial score (nSPS) is 15.6. The van der Waals surface area contributed by atoms with Crippen molar-refractivity contribution < 1.29 is 0 Å². The minimum Gasteiger partial charge on any atom is -0.328 e. The van der Waals surface area contributed by atoms with Gasteiger partial charge in [-0.25, -0.2) is 4.98 Å².